The number of nitrogens with two attached hydrogens (primary N) is 1. The summed E-state index contributed by atoms with van der Waals surface area (Å²) >= 11 is 12.5. The summed E-state index contributed by atoms with van der Waals surface area (Å²) in [7, 11) is -3.01. The quantitative estimate of drug-likeness (QED) is 0.768. The maximum Gasteiger partial charge on any atom is 0.257 e. The first kappa shape index (κ1) is 20.6. The van der Waals surface area contributed by atoms with Gasteiger partial charge in [0.2, 0.25) is 0 Å². The van der Waals surface area contributed by atoms with Crippen molar-refractivity contribution in [3.05, 3.63) is 50.8 Å². The van der Waals surface area contributed by atoms with E-state index in [0.717, 1.165) is 11.3 Å². The number of hydrogen-bond acceptors (Lipinski definition) is 5. The van der Waals surface area contributed by atoms with Gasteiger partial charge in [-0.05, 0) is 37.5 Å². The normalized spacial score (nSPS) is 18.9. The largest absolute Gasteiger partial charge is 0.330 e. The number of carbonyl (C=O) groups is 1. The van der Waals surface area contributed by atoms with Crippen LogP contribution in [0.15, 0.2) is 18.2 Å². The molecule has 0 aliphatic carbocycles. The van der Waals surface area contributed by atoms with E-state index in [2.05, 4.69) is 4.98 Å². The molecule has 2 aromatic rings. The summed E-state index contributed by atoms with van der Waals surface area (Å²) in [4.78, 5) is 19.8. The average molecular weight is 454 g/mol. The highest BCUT2D eigenvalue weighted by atomic mass is 35.5. The number of aryl methyl sites for hydroxylation is 1. The Morgan fingerprint density at radius 1 is 1.21 bits per heavy atom. The van der Waals surface area contributed by atoms with Crippen molar-refractivity contribution in [3.8, 4) is 11.1 Å². The summed E-state index contributed by atoms with van der Waals surface area (Å²) in [6, 6.07) is 5.05. The van der Waals surface area contributed by atoms with Crippen molar-refractivity contribution < 1.29 is 13.2 Å². The molecule has 2 aliphatic rings. The maximum atomic E-state index is 13.4. The summed E-state index contributed by atoms with van der Waals surface area (Å²) in [6.07, 6.45) is 0.893. The van der Waals surface area contributed by atoms with Gasteiger partial charge in [-0.15, -0.1) is 0 Å². The van der Waals surface area contributed by atoms with Gasteiger partial charge in [-0.2, -0.15) is 0 Å². The molecule has 6 nitrogen and oxygen atoms in total. The molecular weight excluding hydrogens is 433 g/mol. The molecule has 1 amide bonds. The van der Waals surface area contributed by atoms with Crippen LogP contribution in [-0.4, -0.2) is 41.8 Å². The molecule has 1 saturated heterocycles. The molecule has 4 rings (SSSR count). The smallest absolute Gasteiger partial charge is 0.257 e. The molecule has 1 aromatic heterocycles. The number of nitrogens with zero attached hydrogens (tertiary/aromatic N) is 2. The number of carbonyl (C=O) groups excluding carboxylic acids is 1. The fourth-order valence-corrected chi connectivity index (χ4v) is 6.22. The van der Waals surface area contributed by atoms with Crippen LogP contribution in [-0.2, 0) is 22.9 Å². The number of sulfone groups is 1. The van der Waals surface area contributed by atoms with Crippen LogP contribution < -0.4 is 5.73 Å². The molecule has 2 N–H and O–H groups in total. The number of pyridine rings is 1. The minimum Gasteiger partial charge on any atom is -0.330 e. The van der Waals surface area contributed by atoms with Crippen molar-refractivity contribution >= 4 is 38.9 Å². The molecule has 2 aliphatic heterocycles. The number of halogens is 2. The van der Waals surface area contributed by atoms with Gasteiger partial charge < -0.3 is 10.6 Å². The molecule has 1 fully saturated rings. The van der Waals surface area contributed by atoms with Gasteiger partial charge in [0.05, 0.1) is 29.3 Å². The third-order valence-corrected chi connectivity index (χ3v) is 8.01. The number of fused-ring (bicyclic) bond motifs is 1. The number of aromatic nitrogens is 1. The van der Waals surface area contributed by atoms with E-state index in [1.807, 2.05) is 6.92 Å². The first-order valence-electron chi connectivity index (χ1n) is 9.41. The molecular formula is C20H21Cl2N3O3S. The van der Waals surface area contributed by atoms with E-state index in [0.29, 0.717) is 51.8 Å². The lowest BCUT2D eigenvalue weighted by Gasteiger charge is -2.30. The predicted molar refractivity (Wildman–Crippen MR) is 114 cm³/mol. The van der Waals surface area contributed by atoms with Crippen molar-refractivity contribution in [1.29, 1.82) is 0 Å². The van der Waals surface area contributed by atoms with Crippen LogP contribution in [0, 0.1) is 6.92 Å². The molecule has 154 valence electrons. The summed E-state index contributed by atoms with van der Waals surface area (Å²) < 4.78 is 23.6. The second kappa shape index (κ2) is 7.54. The zero-order chi connectivity index (χ0) is 20.9. The number of benzene rings is 1. The van der Waals surface area contributed by atoms with E-state index < -0.39 is 9.84 Å². The van der Waals surface area contributed by atoms with Crippen LogP contribution in [0.3, 0.4) is 0 Å². The van der Waals surface area contributed by atoms with E-state index in [-0.39, 0.29) is 30.0 Å². The highest BCUT2D eigenvalue weighted by molar-refractivity contribution is 7.91. The lowest BCUT2D eigenvalue weighted by atomic mass is 9.93. The summed E-state index contributed by atoms with van der Waals surface area (Å²) in [5.74, 6) is 0.0648. The Kier molecular flexibility index (Phi) is 5.36. The van der Waals surface area contributed by atoms with Gasteiger partial charge in [-0.3, -0.25) is 9.78 Å². The van der Waals surface area contributed by atoms with Gasteiger partial charge in [0.25, 0.3) is 5.91 Å². The molecule has 0 bridgehead atoms. The fourth-order valence-electron chi connectivity index (χ4n) is 4.25. The third-order valence-electron chi connectivity index (χ3n) is 5.74. The first-order valence-corrected chi connectivity index (χ1v) is 12.0. The van der Waals surface area contributed by atoms with Crippen molar-refractivity contribution in [2.75, 3.05) is 11.5 Å². The van der Waals surface area contributed by atoms with E-state index in [9.17, 15) is 13.2 Å². The van der Waals surface area contributed by atoms with Gasteiger partial charge >= 0.3 is 0 Å². The fraction of sp³-hybridized carbons (Fsp3) is 0.400. The number of hydrogen-bond donors (Lipinski definition) is 1. The lowest BCUT2D eigenvalue weighted by Crippen LogP contribution is -2.41. The Balaban J connectivity index is 1.82. The van der Waals surface area contributed by atoms with E-state index in [1.54, 1.807) is 23.1 Å². The van der Waals surface area contributed by atoms with Gasteiger partial charge in [0.1, 0.15) is 9.84 Å². The standard InChI is InChI=1S/C20H21Cl2N3O3S/c1-11-15(9-23)18(14-3-2-12(21)8-16(14)22)19-17(24-11)10-25(20(19)26)13-4-6-29(27,28)7-5-13/h2-3,8,13H,4-7,9-10,23H2,1H3. The molecule has 29 heavy (non-hydrogen) atoms. The molecule has 0 atom stereocenters. The van der Waals surface area contributed by atoms with E-state index >= 15 is 0 Å². The summed E-state index contributed by atoms with van der Waals surface area (Å²) in [6.45, 7) is 2.45. The Hall–Kier alpha value is -1.67. The zero-order valence-corrected chi connectivity index (χ0v) is 18.2. The zero-order valence-electron chi connectivity index (χ0n) is 15.9. The van der Waals surface area contributed by atoms with Crippen molar-refractivity contribution in [1.82, 2.24) is 9.88 Å². The van der Waals surface area contributed by atoms with Gasteiger partial charge in [0, 0.05) is 39.5 Å². The molecule has 3 heterocycles. The van der Waals surface area contributed by atoms with Crippen LogP contribution in [0.4, 0.5) is 0 Å². The van der Waals surface area contributed by atoms with Gasteiger partial charge in [0.15, 0.2) is 0 Å². The van der Waals surface area contributed by atoms with Gasteiger partial charge in [-0.1, -0.05) is 29.3 Å². The SMILES string of the molecule is Cc1nc2c(c(-c3ccc(Cl)cc3Cl)c1CN)C(=O)N(C1CCS(=O)(=O)CC1)C2. The molecule has 9 heteroatoms. The summed E-state index contributed by atoms with van der Waals surface area (Å²) in [5, 5.41) is 0.946. The maximum absolute atomic E-state index is 13.4. The Bertz CT molecular complexity index is 1100. The second-order valence-electron chi connectivity index (χ2n) is 7.52. The monoisotopic (exact) mass is 453 g/mol. The third kappa shape index (κ3) is 3.65. The minimum absolute atomic E-state index is 0.105. The minimum atomic E-state index is -3.01. The van der Waals surface area contributed by atoms with Crippen LogP contribution in [0.1, 0.15) is 40.2 Å². The first-order chi connectivity index (χ1) is 13.7. The van der Waals surface area contributed by atoms with Crippen LogP contribution in [0.25, 0.3) is 11.1 Å². The highest BCUT2D eigenvalue weighted by Gasteiger charge is 2.39. The molecule has 1 aromatic carbocycles. The Morgan fingerprint density at radius 3 is 2.52 bits per heavy atom. The highest BCUT2D eigenvalue weighted by Crippen LogP contribution is 2.41. The Morgan fingerprint density at radius 2 is 1.90 bits per heavy atom. The van der Waals surface area contributed by atoms with Crippen LogP contribution in [0.5, 0.6) is 0 Å². The molecule has 0 unspecified atom stereocenters. The topological polar surface area (TPSA) is 93.4 Å². The van der Waals surface area contributed by atoms with Crippen molar-refractivity contribution in [2.45, 2.75) is 38.9 Å². The predicted octanol–water partition coefficient (Wildman–Crippen LogP) is 3.36. The van der Waals surface area contributed by atoms with Crippen LogP contribution >= 0.6 is 23.2 Å². The molecule has 0 radical (unpaired) electrons. The average Bonchev–Trinajstić information content (AvgIpc) is 2.97. The lowest BCUT2D eigenvalue weighted by molar-refractivity contribution is 0.0690. The van der Waals surface area contributed by atoms with Crippen LogP contribution in [0.2, 0.25) is 10.0 Å². The molecule has 0 saturated carbocycles. The summed E-state index contributed by atoms with van der Waals surface area (Å²) in [5.41, 5.74) is 10.1. The van der Waals surface area contributed by atoms with E-state index in [1.165, 1.54) is 0 Å². The number of rotatable bonds is 3. The Labute approximate surface area is 179 Å². The van der Waals surface area contributed by atoms with Crippen molar-refractivity contribution in [2.24, 2.45) is 5.73 Å². The van der Waals surface area contributed by atoms with Crippen molar-refractivity contribution in [3.63, 3.8) is 0 Å². The van der Waals surface area contributed by atoms with Gasteiger partial charge in [-0.25, -0.2) is 8.42 Å². The molecule has 0 spiro atoms. The van der Waals surface area contributed by atoms with E-state index in [4.69, 9.17) is 28.9 Å². The second-order valence-corrected chi connectivity index (χ2v) is 10.7. The number of amides is 1.